The number of nitrogens with zero attached hydrogens (tertiary/aromatic N) is 3. The van der Waals surface area contributed by atoms with Crippen LogP contribution < -0.4 is 0 Å². The van der Waals surface area contributed by atoms with E-state index < -0.39 is 0 Å². The summed E-state index contributed by atoms with van der Waals surface area (Å²) in [5, 5.41) is 0. The highest BCUT2D eigenvalue weighted by atomic mass is 14.9. The highest BCUT2D eigenvalue weighted by Gasteiger charge is 2.12. The quantitative estimate of drug-likeness (QED) is 0.675. The topological polar surface area (TPSA) is 38.1 Å². The predicted molar refractivity (Wildman–Crippen MR) is 89.7 cm³/mol. The molecule has 3 heteroatoms. The van der Waals surface area contributed by atoms with Crippen LogP contribution in [0.1, 0.15) is 22.3 Å². The van der Waals surface area contributed by atoms with Gasteiger partial charge in [-0.2, -0.15) is 0 Å². The summed E-state index contributed by atoms with van der Waals surface area (Å²) in [7, 11) is 0. The fourth-order valence-corrected chi connectivity index (χ4v) is 2.41. The van der Waals surface area contributed by atoms with Gasteiger partial charge in [0, 0.05) is 23.5 Å². The molecule has 0 unspecified atom stereocenters. The lowest BCUT2D eigenvalue weighted by Gasteiger charge is -2.12. The molecule has 0 bridgehead atoms. The molecule has 3 rings (SSSR count). The third kappa shape index (κ3) is 2.93. The number of aliphatic imine (C=N–C) groups is 1. The molecule has 108 valence electrons. The Hall–Kier alpha value is -2.81. The van der Waals surface area contributed by atoms with Gasteiger partial charge in [0.05, 0.1) is 11.9 Å². The SMILES string of the molecule is Cc1ccccc1C(=Nc1cnccn1)c1ccccc1C. The minimum absolute atomic E-state index is 0.615. The number of rotatable bonds is 3. The molecule has 0 atom stereocenters. The van der Waals surface area contributed by atoms with E-state index in [0.717, 1.165) is 16.8 Å². The molecule has 3 nitrogen and oxygen atoms in total. The molecule has 0 spiro atoms. The molecule has 0 saturated heterocycles. The Morgan fingerprint density at radius 2 is 1.41 bits per heavy atom. The van der Waals surface area contributed by atoms with Gasteiger partial charge in [-0.1, -0.05) is 48.5 Å². The van der Waals surface area contributed by atoms with Crippen molar-refractivity contribution in [3.8, 4) is 0 Å². The molecule has 0 radical (unpaired) electrons. The molecule has 0 fully saturated rings. The van der Waals surface area contributed by atoms with Crippen LogP contribution in [0.15, 0.2) is 72.1 Å². The number of hydrogen-bond donors (Lipinski definition) is 0. The van der Waals surface area contributed by atoms with E-state index in [1.165, 1.54) is 11.1 Å². The van der Waals surface area contributed by atoms with Crippen molar-refractivity contribution in [3.05, 3.63) is 89.4 Å². The lowest BCUT2D eigenvalue weighted by molar-refractivity contribution is 1.17. The van der Waals surface area contributed by atoms with E-state index in [2.05, 4.69) is 48.1 Å². The third-order valence-corrected chi connectivity index (χ3v) is 3.58. The smallest absolute Gasteiger partial charge is 0.171 e. The van der Waals surface area contributed by atoms with Gasteiger partial charge in [0.25, 0.3) is 0 Å². The number of benzene rings is 2. The lowest BCUT2D eigenvalue weighted by Crippen LogP contribution is -2.07. The van der Waals surface area contributed by atoms with Crippen LogP contribution in [0.25, 0.3) is 0 Å². The Bertz CT molecular complexity index is 760. The van der Waals surface area contributed by atoms with E-state index >= 15 is 0 Å². The van der Waals surface area contributed by atoms with Crippen molar-refractivity contribution < 1.29 is 0 Å². The standard InChI is InChI=1S/C19H17N3/c1-14-7-3-5-9-16(14)19(17-10-6-4-8-15(17)2)22-18-13-20-11-12-21-18/h3-13H,1-2H3. The second kappa shape index (κ2) is 6.31. The summed E-state index contributed by atoms with van der Waals surface area (Å²) >= 11 is 0. The van der Waals surface area contributed by atoms with Gasteiger partial charge in [-0.15, -0.1) is 0 Å². The molecule has 1 heterocycles. The fourth-order valence-electron chi connectivity index (χ4n) is 2.41. The van der Waals surface area contributed by atoms with Gasteiger partial charge in [0.1, 0.15) is 0 Å². The van der Waals surface area contributed by atoms with Gasteiger partial charge in [-0.25, -0.2) is 9.98 Å². The Kier molecular flexibility index (Phi) is 4.05. The van der Waals surface area contributed by atoms with Crippen LogP contribution in [0.5, 0.6) is 0 Å². The second-order valence-electron chi connectivity index (χ2n) is 5.15. The van der Waals surface area contributed by atoms with E-state index in [9.17, 15) is 0 Å². The molecule has 0 amide bonds. The summed E-state index contributed by atoms with van der Waals surface area (Å²) in [6.45, 7) is 4.19. The fraction of sp³-hybridized carbons (Fsp3) is 0.105. The molecule has 0 N–H and O–H groups in total. The molecule has 0 saturated carbocycles. The summed E-state index contributed by atoms with van der Waals surface area (Å²) in [6.07, 6.45) is 4.99. The first kappa shape index (κ1) is 14.1. The van der Waals surface area contributed by atoms with Crippen molar-refractivity contribution in [2.45, 2.75) is 13.8 Å². The van der Waals surface area contributed by atoms with Crippen molar-refractivity contribution in [3.63, 3.8) is 0 Å². The molecule has 0 aliphatic carbocycles. The summed E-state index contributed by atoms with van der Waals surface area (Å²) in [5.41, 5.74) is 5.53. The minimum Gasteiger partial charge on any atom is -0.259 e. The molecule has 3 aromatic rings. The largest absolute Gasteiger partial charge is 0.259 e. The van der Waals surface area contributed by atoms with E-state index in [0.29, 0.717) is 5.82 Å². The van der Waals surface area contributed by atoms with Crippen molar-refractivity contribution in [2.24, 2.45) is 4.99 Å². The average molecular weight is 287 g/mol. The van der Waals surface area contributed by atoms with Crippen molar-refractivity contribution >= 4 is 11.5 Å². The summed E-state index contributed by atoms with van der Waals surface area (Å²) in [5.74, 6) is 0.615. The Balaban J connectivity index is 2.22. The lowest BCUT2D eigenvalue weighted by atomic mass is 9.95. The van der Waals surface area contributed by atoms with Crippen molar-refractivity contribution in [2.75, 3.05) is 0 Å². The van der Waals surface area contributed by atoms with E-state index in [1.807, 2.05) is 24.3 Å². The third-order valence-electron chi connectivity index (χ3n) is 3.58. The van der Waals surface area contributed by atoms with Crippen molar-refractivity contribution in [1.82, 2.24) is 9.97 Å². The van der Waals surface area contributed by atoms with Crippen LogP contribution in [0.4, 0.5) is 5.82 Å². The average Bonchev–Trinajstić information content (AvgIpc) is 2.55. The Labute approximate surface area is 130 Å². The van der Waals surface area contributed by atoms with E-state index in [1.54, 1.807) is 18.6 Å². The summed E-state index contributed by atoms with van der Waals surface area (Å²) < 4.78 is 0. The normalized spacial score (nSPS) is 10.3. The Morgan fingerprint density at radius 3 is 1.91 bits per heavy atom. The molecule has 0 aliphatic rings. The Morgan fingerprint density at radius 1 is 0.818 bits per heavy atom. The molecule has 2 aromatic carbocycles. The van der Waals surface area contributed by atoms with Crippen LogP contribution in [0.3, 0.4) is 0 Å². The highest BCUT2D eigenvalue weighted by molar-refractivity contribution is 6.15. The molecule has 22 heavy (non-hydrogen) atoms. The second-order valence-corrected chi connectivity index (χ2v) is 5.15. The van der Waals surface area contributed by atoms with Crippen LogP contribution in [0.2, 0.25) is 0 Å². The van der Waals surface area contributed by atoms with Gasteiger partial charge < -0.3 is 0 Å². The van der Waals surface area contributed by atoms with Crippen LogP contribution >= 0.6 is 0 Å². The first-order chi connectivity index (χ1) is 10.8. The van der Waals surface area contributed by atoms with Crippen LogP contribution in [0, 0.1) is 13.8 Å². The molecule has 0 aliphatic heterocycles. The first-order valence-electron chi connectivity index (χ1n) is 7.22. The number of aryl methyl sites for hydroxylation is 2. The summed E-state index contributed by atoms with van der Waals surface area (Å²) in [4.78, 5) is 13.1. The molecular weight excluding hydrogens is 270 g/mol. The highest BCUT2D eigenvalue weighted by Crippen LogP contribution is 2.20. The predicted octanol–water partition coefficient (Wildman–Crippen LogP) is 4.26. The maximum atomic E-state index is 4.76. The number of hydrogen-bond acceptors (Lipinski definition) is 3. The van der Waals surface area contributed by atoms with Gasteiger partial charge in [0.15, 0.2) is 5.82 Å². The van der Waals surface area contributed by atoms with Crippen molar-refractivity contribution in [1.29, 1.82) is 0 Å². The van der Waals surface area contributed by atoms with Gasteiger partial charge >= 0.3 is 0 Å². The maximum absolute atomic E-state index is 4.76. The zero-order valence-electron chi connectivity index (χ0n) is 12.7. The summed E-state index contributed by atoms with van der Waals surface area (Å²) in [6, 6.07) is 16.5. The van der Waals surface area contributed by atoms with E-state index in [-0.39, 0.29) is 0 Å². The van der Waals surface area contributed by atoms with Crippen LogP contribution in [-0.4, -0.2) is 15.7 Å². The van der Waals surface area contributed by atoms with Gasteiger partial charge in [0.2, 0.25) is 0 Å². The maximum Gasteiger partial charge on any atom is 0.171 e. The van der Waals surface area contributed by atoms with Gasteiger partial charge in [-0.3, -0.25) is 4.98 Å². The molecule has 1 aromatic heterocycles. The minimum atomic E-state index is 0.615. The molecular formula is C19H17N3. The monoisotopic (exact) mass is 287 g/mol. The van der Waals surface area contributed by atoms with E-state index in [4.69, 9.17) is 4.99 Å². The zero-order valence-corrected chi connectivity index (χ0v) is 12.7. The van der Waals surface area contributed by atoms with Crippen LogP contribution in [-0.2, 0) is 0 Å². The first-order valence-corrected chi connectivity index (χ1v) is 7.22. The zero-order chi connectivity index (χ0) is 15.4. The van der Waals surface area contributed by atoms with Gasteiger partial charge in [-0.05, 0) is 25.0 Å². The number of aromatic nitrogens is 2.